The van der Waals surface area contributed by atoms with E-state index in [1.807, 2.05) is 48.5 Å². The van der Waals surface area contributed by atoms with E-state index in [4.69, 9.17) is 0 Å². The average Bonchev–Trinajstić information content (AvgIpc) is 2.58. The number of para-hydroxylation sites is 1. The van der Waals surface area contributed by atoms with Crippen molar-refractivity contribution in [2.75, 3.05) is 23.3 Å². The lowest BCUT2D eigenvalue weighted by atomic mass is 10.0. The van der Waals surface area contributed by atoms with Gasteiger partial charge in [-0.2, -0.15) is 5.26 Å². The fourth-order valence-electron chi connectivity index (χ4n) is 2.51. The molecule has 2 rings (SSSR count). The standard InChI is InChI=1S/C19H21N3O/c1-3-22(4-2)18-11-10-15(16(12-18)14-20)13-19(23)21-17-8-6-5-7-9-17/h5-12H,3-4,13H2,1-2H3,(H,21,23). The molecule has 0 heterocycles. The Morgan fingerprint density at radius 2 is 1.83 bits per heavy atom. The van der Waals surface area contributed by atoms with Gasteiger partial charge in [0.1, 0.15) is 0 Å². The van der Waals surface area contributed by atoms with E-state index in [0.29, 0.717) is 5.56 Å². The smallest absolute Gasteiger partial charge is 0.228 e. The highest BCUT2D eigenvalue weighted by Gasteiger charge is 2.11. The summed E-state index contributed by atoms with van der Waals surface area (Å²) >= 11 is 0. The highest BCUT2D eigenvalue weighted by atomic mass is 16.1. The molecule has 0 aliphatic heterocycles. The van der Waals surface area contributed by atoms with Gasteiger partial charge in [0.2, 0.25) is 5.91 Å². The maximum absolute atomic E-state index is 12.2. The third-order valence-electron chi connectivity index (χ3n) is 3.75. The number of carbonyl (C=O) groups is 1. The maximum atomic E-state index is 12.2. The Bertz CT molecular complexity index is 700. The van der Waals surface area contributed by atoms with E-state index >= 15 is 0 Å². The van der Waals surface area contributed by atoms with Gasteiger partial charge in [0.15, 0.2) is 0 Å². The van der Waals surface area contributed by atoms with Crippen molar-refractivity contribution < 1.29 is 4.79 Å². The summed E-state index contributed by atoms with van der Waals surface area (Å²) in [6.45, 7) is 5.93. The maximum Gasteiger partial charge on any atom is 0.228 e. The molecule has 23 heavy (non-hydrogen) atoms. The van der Waals surface area contributed by atoms with Crippen molar-refractivity contribution in [3.8, 4) is 6.07 Å². The van der Waals surface area contributed by atoms with Gasteiger partial charge in [0.05, 0.1) is 18.1 Å². The van der Waals surface area contributed by atoms with Crippen LogP contribution in [0.5, 0.6) is 0 Å². The van der Waals surface area contributed by atoms with Crippen molar-refractivity contribution in [3.05, 3.63) is 59.7 Å². The molecule has 0 saturated heterocycles. The summed E-state index contributed by atoms with van der Waals surface area (Å²) in [5.74, 6) is -0.122. The molecule has 0 saturated carbocycles. The minimum Gasteiger partial charge on any atom is -0.372 e. The van der Waals surface area contributed by atoms with Crippen LogP contribution in [-0.2, 0) is 11.2 Å². The van der Waals surface area contributed by atoms with E-state index in [1.165, 1.54) is 0 Å². The first-order valence-corrected chi connectivity index (χ1v) is 7.80. The highest BCUT2D eigenvalue weighted by Crippen LogP contribution is 2.20. The summed E-state index contributed by atoms with van der Waals surface area (Å²) in [5, 5.41) is 12.2. The quantitative estimate of drug-likeness (QED) is 0.887. The summed E-state index contributed by atoms with van der Waals surface area (Å²) in [5.41, 5.74) is 3.07. The molecule has 1 N–H and O–H groups in total. The number of hydrogen-bond acceptors (Lipinski definition) is 3. The molecule has 4 heteroatoms. The molecule has 1 amide bonds. The van der Waals surface area contributed by atoms with Crippen LogP contribution in [0.3, 0.4) is 0 Å². The van der Waals surface area contributed by atoms with Crippen LogP contribution < -0.4 is 10.2 Å². The normalized spacial score (nSPS) is 9.96. The van der Waals surface area contributed by atoms with Gasteiger partial charge in [-0.05, 0) is 43.7 Å². The number of rotatable bonds is 6. The van der Waals surface area contributed by atoms with Crippen molar-refractivity contribution in [1.82, 2.24) is 0 Å². The number of nitriles is 1. The summed E-state index contributed by atoms with van der Waals surface area (Å²) in [6.07, 6.45) is 0.191. The first-order chi connectivity index (χ1) is 11.2. The molecular weight excluding hydrogens is 286 g/mol. The van der Waals surface area contributed by atoms with Crippen LogP contribution in [-0.4, -0.2) is 19.0 Å². The molecule has 0 bridgehead atoms. The predicted molar refractivity (Wildman–Crippen MR) is 93.5 cm³/mol. The number of nitrogens with zero attached hydrogens (tertiary/aromatic N) is 2. The van der Waals surface area contributed by atoms with Gasteiger partial charge in [-0.15, -0.1) is 0 Å². The van der Waals surface area contributed by atoms with E-state index < -0.39 is 0 Å². The molecule has 0 spiro atoms. The van der Waals surface area contributed by atoms with Gasteiger partial charge in [-0.1, -0.05) is 24.3 Å². The number of anilines is 2. The monoisotopic (exact) mass is 307 g/mol. The van der Waals surface area contributed by atoms with Gasteiger partial charge >= 0.3 is 0 Å². The van der Waals surface area contributed by atoms with Crippen molar-refractivity contribution in [1.29, 1.82) is 5.26 Å². The first kappa shape index (κ1) is 16.6. The van der Waals surface area contributed by atoms with Crippen molar-refractivity contribution in [2.45, 2.75) is 20.3 Å². The number of benzene rings is 2. The lowest BCUT2D eigenvalue weighted by Gasteiger charge is -2.21. The van der Waals surface area contributed by atoms with Crippen LogP contribution in [0.15, 0.2) is 48.5 Å². The molecule has 0 aromatic heterocycles. The molecular formula is C19H21N3O. The molecule has 2 aromatic rings. The number of nitrogens with one attached hydrogen (secondary N) is 1. The third-order valence-corrected chi connectivity index (χ3v) is 3.75. The molecule has 0 aliphatic rings. The highest BCUT2D eigenvalue weighted by molar-refractivity contribution is 5.92. The summed E-state index contributed by atoms with van der Waals surface area (Å²) < 4.78 is 0. The zero-order valence-corrected chi connectivity index (χ0v) is 13.5. The van der Waals surface area contributed by atoms with E-state index in [-0.39, 0.29) is 12.3 Å². The van der Waals surface area contributed by atoms with Crippen LogP contribution in [0.4, 0.5) is 11.4 Å². The first-order valence-electron chi connectivity index (χ1n) is 7.80. The molecule has 0 aliphatic carbocycles. The van der Waals surface area contributed by atoms with Gasteiger partial charge in [0, 0.05) is 24.5 Å². The Morgan fingerprint density at radius 1 is 1.13 bits per heavy atom. The summed E-state index contributed by atoms with van der Waals surface area (Å²) in [7, 11) is 0. The van der Waals surface area contributed by atoms with Crippen LogP contribution in [0.2, 0.25) is 0 Å². The van der Waals surface area contributed by atoms with E-state index in [0.717, 1.165) is 30.0 Å². The predicted octanol–water partition coefficient (Wildman–Crippen LogP) is 3.59. The fourth-order valence-corrected chi connectivity index (χ4v) is 2.51. The van der Waals surface area contributed by atoms with Crippen molar-refractivity contribution in [3.63, 3.8) is 0 Å². The zero-order valence-electron chi connectivity index (χ0n) is 13.5. The Morgan fingerprint density at radius 3 is 2.43 bits per heavy atom. The minimum atomic E-state index is -0.122. The molecule has 0 fully saturated rings. The molecule has 2 aromatic carbocycles. The van der Waals surface area contributed by atoms with Crippen LogP contribution in [0.1, 0.15) is 25.0 Å². The van der Waals surface area contributed by atoms with E-state index in [2.05, 4.69) is 30.1 Å². The Labute approximate surface area is 137 Å². The second-order valence-corrected chi connectivity index (χ2v) is 5.22. The minimum absolute atomic E-state index is 0.122. The SMILES string of the molecule is CCN(CC)c1ccc(CC(=O)Nc2ccccc2)c(C#N)c1. The van der Waals surface area contributed by atoms with Gasteiger partial charge in [-0.3, -0.25) is 4.79 Å². The van der Waals surface area contributed by atoms with Gasteiger partial charge < -0.3 is 10.2 Å². The van der Waals surface area contributed by atoms with Crippen molar-refractivity contribution >= 4 is 17.3 Å². The average molecular weight is 307 g/mol. The summed E-state index contributed by atoms with van der Waals surface area (Å²) in [6, 6.07) is 17.2. The van der Waals surface area contributed by atoms with E-state index in [9.17, 15) is 10.1 Å². The topological polar surface area (TPSA) is 56.1 Å². The van der Waals surface area contributed by atoms with Crippen LogP contribution >= 0.6 is 0 Å². The second kappa shape index (κ2) is 8.00. The molecule has 0 radical (unpaired) electrons. The lowest BCUT2D eigenvalue weighted by Crippen LogP contribution is -2.22. The molecule has 4 nitrogen and oxygen atoms in total. The molecule has 118 valence electrons. The Balaban J connectivity index is 2.13. The third kappa shape index (κ3) is 4.33. The second-order valence-electron chi connectivity index (χ2n) is 5.22. The number of amides is 1. The number of carbonyl (C=O) groups excluding carboxylic acids is 1. The van der Waals surface area contributed by atoms with Gasteiger partial charge in [0.25, 0.3) is 0 Å². The Hall–Kier alpha value is -2.80. The largest absolute Gasteiger partial charge is 0.372 e. The fraction of sp³-hybridized carbons (Fsp3) is 0.263. The zero-order chi connectivity index (χ0) is 16.7. The lowest BCUT2D eigenvalue weighted by molar-refractivity contribution is -0.115. The number of hydrogen-bond donors (Lipinski definition) is 1. The molecule has 0 atom stereocenters. The summed E-state index contributed by atoms with van der Waals surface area (Å²) in [4.78, 5) is 14.3. The molecule has 0 unspecified atom stereocenters. The van der Waals surface area contributed by atoms with Crippen LogP contribution in [0.25, 0.3) is 0 Å². The van der Waals surface area contributed by atoms with E-state index in [1.54, 1.807) is 0 Å². The van der Waals surface area contributed by atoms with Crippen LogP contribution in [0, 0.1) is 11.3 Å². The van der Waals surface area contributed by atoms with Crippen molar-refractivity contribution in [2.24, 2.45) is 0 Å². The Kier molecular flexibility index (Phi) is 5.76. The van der Waals surface area contributed by atoms with Gasteiger partial charge in [-0.25, -0.2) is 0 Å².